The Kier molecular flexibility index (Phi) is 9.33. The van der Waals surface area contributed by atoms with E-state index < -0.39 is 23.6 Å². The topological polar surface area (TPSA) is 120 Å². The normalized spacial score (nSPS) is 18.5. The van der Waals surface area contributed by atoms with Gasteiger partial charge in [0.2, 0.25) is 11.8 Å². The molecule has 1 saturated carbocycles. The van der Waals surface area contributed by atoms with Gasteiger partial charge >= 0.3 is 6.09 Å². The van der Waals surface area contributed by atoms with Crippen LogP contribution in [0.1, 0.15) is 52.0 Å². The summed E-state index contributed by atoms with van der Waals surface area (Å²) in [4.78, 5) is 36.9. The molecule has 0 radical (unpaired) electrons. The molecule has 0 heterocycles. The van der Waals surface area contributed by atoms with Gasteiger partial charge < -0.3 is 25.8 Å². The van der Waals surface area contributed by atoms with Crippen molar-refractivity contribution in [1.82, 2.24) is 10.6 Å². The fourth-order valence-corrected chi connectivity index (χ4v) is 4.28. The summed E-state index contributed by atoms with van der Waals surface area (Å²) in [5.41, 5.74) is 5.92. The van der Waals surface area contributed by atoms with Crippen molar-refractivity contribution in [1.29, 1.82) is 0 Å². The molecule has 8 heteroatoms. The van der Waals surface area contributed by atoms with Crippen LogP contribution in [0, 0.1) is 11.8 Å². The number of amides is 3. The second kappa shape index (κ2) is 12.4. The van der Waals surface area contributed by atoms with Crippen LogP contribution >= 0.6 is 0 Å². The molecule has 8 nitrogen and oxygen atoms in total. The van der Waals surface area contributed by atoms with Gasteiger partial charge in [-0.3, -0.25) is 9.59 Å². The lowest BCUT2D eigenvalue weighted by Crippen LogP contribution is -2.48. The van der Waals surface area contributed by atoms with E-state index in [1.807, 2.05) is 75.4 Å². The van der Waals surface area contributed by atoms with Gasteiger partial charge in [0, 0.05) is 18.9 Å². The molecule has 194 valence electrons. The van der Waals surface area contributed by atoms with Crippen molar-refractivity contribution < 1.29 is 23.9 Å². The molecule has 3 rings (SSSR count). The maximum atomic E-state index is 12.9. The number of carbonyl (C=O) groups excluding carboxylic acids is 3. The van der Waals surface area contributed by atoms with E-state index in [1.165, 1.54) is 0 Å². The summed E-state index contributed by atoms with van der Waals surface area (Å²) in [6.45, 7) is 6.00. The highest BCUT2D eigenvalue weighted by molar-refractivity contribution is 5.87. The molecule has 36 heavy (non-hydrogen) atoms. The average Bonchev–Trinajstić information content (AvgIpc) is 2.82. The first kappa shape index (κ1) is 27.0. The minimum absolute atomic E-state index is 0.158. The van der Waals surface area contributed by atoms with Crippen molar-refractivity contribution in [3.05, 3.63) is 60.2 Å². The summed E-state index contributed by atoms with van der Waals surface area (Å²) in [6.07, 6.45) is 2.87. The Hall–Kier alpha value is -3.55. The van der Waals surface area contributed by atoms with Crippen LogP contribution in [0.15, 0.2) is 54.6 Å². The monoisotopic (exact) mass is 495 g/mol. The Labute approximate surface area is 212 Å². The predicted octanol–water partition coefficient (Wildman–Crippen LogP) is 4.32. The van der Waals surface area contributed by atoms with Gasteiger partial charge in [0.05, 0.1) is 0 Å². The van der Waals surface area contributed by atoms with Crippen molar-refractivity contribution in [3.8, 4) is 11.5 Å². The zero-order valence-corrected chi connectivity index (χ0v) is 21.3. The zero-order valence-electron chi connectivity index (χ0n) is 21.3. The largest absolute Gasteiger partial charge is 0.457 e. The number of benzene rings is 2. The first-order chi connectivity index (χ1) is 17.1. The van der Waals surface area contributed by atoms with E-state index in [0.29, 0.717) is 36.8 Å². The molecule has 0 spiro atoms. The Balaban J connectivity index is 1.48. The minimum Gasteiger partial charge on any atom is -0.457 e. The van der Waals surface area contributed by atoms with Crippen molar-refractivity contribution in [2.45, 2.75) is 64.5 Å². The standard InChI is InChI=1S/C28H37N3O5/c1-28(2,3)36-27(34)30-18-19-12-14-21(15-13-19)26(33)31-24(25(29)32)17-20-8-7-11-23(16-20)35-22-9-5-4-6-10-22/h4-11,16,19,21,24H,12-15,17-18H2,1-3H3,(H2,29,32)(H,30,34)(H,31,33). The maximum absolute atomic E-state index is 12.9. The summed E-state index contributed by atoms with van der Waals surface area (Å²) < 4.78 is 11.1. The molecule has 4 N–H and O–H groups in total. The molecule has 0 aliphatic heterocycles. The third kappa shape index (κ3) is 8.91. The van der Waals surface area contributed by atoms with Crippen LogP contribution in [0.25, 0.3) is 0 Å². The molecule has 0 aromatic heterocycles. The number of para-hydroxylation sites is 1. The number of carbonyl (C=O) groups is 3. The lowest BCUT2D eigenvalue weighted by atomic mass is 9.81. The second-order valence-corrected chi connectivity index (χ2v) is 10.3. The minimum atomic E-state index is -0.809. The fraction of sp³-hybridized carbons (Fsp3) is 0.464. The zero-order chi connectivity index (χ0) is 26.1. The Morgan fingerprint density at radius 3 is 2.28 bits per heavy atom. The van der Waals surface area contributed by atoms with Crippen LogP contribution in [0.2, 0.25) is 0 Å². The van der Waals surface area contributed by atoms with Gasteiger partial charge in [-0.1, -0.05) is 30.3 Å². The van der Waals surface area contributed by atoms with Gasteiger partial charge in [-0.2, -0.15) is 0 Å². The van der Waals surface area contributed by atoms with Gasteiger partial charge in [-0.15, -0.1) is 0 Å². The Morgan fingerprint density at radius 1 is 0.972 bits per heavy atom. The van der Waals surface area contributed by atoms with Crippen molar-refractivity contribution in [2.75, 3.05) is 6.54 Å². The number of primary amides is 1. The quantitative estimate of drug-likeness (QED) is 0.479. The molecule has 2 aromatic carbocycles. The molecule has 1 aliphatic rings. The molecule has 3 amide bonds. The second-order valence-electron chi connectivity index (χ2n) is 10.3. The smallest absolute Gasteiger partial charge is 0.407 e. The lowest BCUT2D eigenvalue weighted by molar-refractivity contribution is -0.130. The Morgan fingerprint density at radius 2 is 1.64 bits per heavy atom. The van der Waals surface area contributed by atoms with Crippen LogP contribution in [0.4, 0.5) is 4.79 Å². The molecule has 2 aromatic rings. The van der Waals surface area contributed by atoms with E-state index in [9.17, 15) is 14.4 Å². The molecule has 0 saturated heterocycles. The number of nitrogens with two attached hydrogens (primary N) is 1. The summed E-state index contributed by atoms with van der Waals surface area (Å²) in [7, 11) is 0. The van der Waals surface area contributed by atoms with Crippen LogP contribution in [0.3, 0.4) is 0 Å². The van der Waals surface area contributed by atoms with Crippen molar-refractivity contribution >= 4 is 17.9 Å². The number of hydrogen-bond acceptors (Lipinski definition) is 5. The number of alkyl carbamates (subject to hydrolysis) is 1. The predicted molar refractivity (Wildman–Crippen MR) is 137 cm³/mol. The van der Waals surface area contributed by atoms with Gasteiger partial charge in [-0.25, -0.2) is 4.79 Å². The molecular weight excluding hydrogens is 458 g/mol. The molecule has 1 fully saturated rings. The average molecular weight is 496 g/mol. The number of rotatable bonds is 9. The first-order valence-electron chi connectivity index (χ1n) is 12.5. The number of ether oxygens (including phenoxy) is 2. The molecule has 1 aliphatic carbocycles. The lowest BCUT2D eigenvalue weighted by Gasteiger charge is -2.29. The number of nitrogens with one attached hydrogen (secondary N) is 2. The van der Waals surface area contributed by atoms with Gasteiger partial charge in [0.25, 0.3) is 0 Å². The molecule has 1 unspecified atom stereocenters. The fourth-order valence-electron chi connectivity index (χ4n) is 4.28. The third-order valence-electron chi connectivity index (χ3n) is 6.13. The van der Waals surface area contributed by atoms with E-state index >= 15 is 0 Å². The van der Waals surface area contributed by atoms with Crippen LogP contribution < -0.4 is 21.1 Å². The van der Waals surface area contributed by atoms with Gasteiger partial charge in [0.1, 0.15) is 23.1 Å². The summed E-state index contributed by atoms with van der Waals surface area (Å²) in [6, 6.07) is 16.0. The summed E-state index contributed by atoms with van der Waals surface area (Å²) >= 11 is 0. The molecule has 1 atom stereocenters. The molecule has 0 bridgehead atoms. The van der Waals surface area contributed by atoms with Crippen LogP contribution in [-0.2, 0) is 20.7 Å². The van der Waals surface area contributed by atoms with E-state index in [4.69, 9.17) is 15.2 Å². The maximum Gasteiger partial charge on any atom is 0.407 e. The highest BCUT2D eigenvalue weighted by atomic mass is 16.6. The third-order valence-corrected chi connectivity index (χ3v) is 6.13. The molecular formula is C28H37N3O5. The van der Waals surface area contributed by atoms with Crippen LogP contribution in [0.5, 0.6) is 11.5 Å². The highest BCUT2D eigenvalue weighted by Gasteiger charge is 2.29. The van der Waals surface area contributed by atoms with E-state index in [2.05, 4.69) is 10.6 Å². The number of hydrogen-bond donors (Lipinski definition) is 3. The van der Waals surface area contributed by atoms with Crippen LogP contribution in [-0.4, -0.2) is 36.1 Å². The van der Waals surface area contributed by atoms with Crippen molar-refractivity contribution in [3.63, 3.8) is 0 Å². The van der Waals surface area contributed by atoms with E-state index in [1.54, 1.807) is 0 Å². The summed E-state index contributed by atoms with van der Waals surface area (Å²) in [5.74, 6) is 0.734. The highest BCUT2D eigenvalue weighted by Crippen LogP contribution is 2.29. The van der Waals surface area contributed by atoms with Crippen molar-refractivity contribution in [2.24, 2.45) is 17.6 Å². The SMILES string of the molecule is CC(C)(C)OC(=O)NCC1CCC(C(=O)NC(Cc2cccc(Oc3ccccc3)c2)C(N)=O)CC1. The van der Waals surface area contributed by atoms with Gasteiger partial charge in [-0.05, 0) is 82.2 Å². The first-order valence-corrected chi connectivity index (χ1v) is 12.5. The van der Waals surface area contributed by atoms with E-state index in [0.717, 1.165) is 18.4 Å². The van der Waals surface area contributed by atoms with E-state index in [-0.39, 0.29) is 18.2 Å². The van der Waals surface area contributed by atoms with Gasteiger partial charge in [0.15, 0.2) is 0 Å². The summed E-state index contributed by atoms with van der Waals surface area (Å²) in [5, 5.41) is 5.66. The Bertz CT molecular complexity index is 1030.